The lowest BCUT2D eigenvalue weighted by atomic mass is 9.99. The maximum atomic E-state index is 9.53. The molecule has 0 amide bonds. The molecule has 2 aromatic carbocycles. The molecule has 0 fully saturated rings. The van der Waals surface area contributed by atoms with Gasteiger partial charge in [0.2, 0.25) is 0 Å². The molecule has 0 saturated heterocycles. The lowest BCUT2D eigenvalue weighted by molar-refractivity contribution is 0.373. The van der Waals surface area contributed by atoms with Crippen LogP contribution in [0, 0.1) is 0 Å². The van der Waals surface area contributed by atoms with Crippen molar-refractivity contribution in [2.75, 3.05) is 7.11 Å². The van der Waals surface area contributed by atoms with E-state index in [2.05, 4.69) is 0 Å². The predicted molar refractivity (Wildman–Crippen MR) is 71.7 cm³/mol. The van der Waals surface area contributed by atoms with E-state index in [0.29, 0.717) is 12.2 Å². The highest BCUT2D eigenvalue weighted by molar-refractivity contribution is 5.42. The quantitative estimate of drug-likeness (QED) is 0.868. The van der Waals surface area contributed by atoms with Crippen molar-refractivity contribution in [3.63, 3.8) is 0 Å². The molecule has 3 nitrogen and oxygen atoms in total. The van der Waals surface area contributed by atoms with Gasteiger partial charge >= 0.3 is 0 Å². The highest BCUT2D eigenvalue weighted by Crippen LogP contribution is 2.28. The predicted octanol–water partition coefficient (Wildman–Crippen LogP) is 2.64. The van der Waals surface area contributed by atoms with Crippen LogP contribution in [0.25, 0.3) is 0 Å². The third-order valence-corrected chi connectivity index (χ3v) is 2.93. The summed E-state index contributed by atoms with van der Waals surface area (Å²) >= 11 is 0. The number of ether oxygens (including phenoxy) is 1. The topological polar surface area (TPSA) is 55.5 Å². The Bertz CT molecular complexity index is 511. The van der Waals surface area contributed by atoms with E-state index >= 15 is 0 Å². The first kappa shape index (κ1) is 12.5. The molecular weight excluding hydrogens is 226 g/mol. The van der Waals surface area contributed by atoms with Crippen LogP contribution in [-0.4, -0.2) is 12.2 Å². The number of phenols is 1. The highest BCUT2D eigenvalue weighted by atomic mass is 16.5. The van der Waals surface area contributed by atoms with Crippen molar-refractivity contribution in [2.45, 2.75) is 12.5 Å². The molecule has 0 heterocycles. The Morgan fingerprint density at radius 3 is 2.56 bits per heavy atom. The fourth-order valence-electron chi connectivity index (χ4n) is 1.92. The van der Waals surface area contributed by atoms with E-state index in [4.69, 9.17) is 10.5 Å². The molecule has 0 unspecified atom stereocenters. The van der Waals surface area contributed by atoms with E-state index in [1.165, 1.54) is 7.11 Å². The van der Waals surface area contributed by atoms with Crippen LogP contribution in [0.5, 0.6) is 11.5 Å². The van der Waals surface area contributed by atoms with Crippen LogP contribution in [0.3, 0.4) is 0 Å². The summed E-state index contributed by atoms with van der Waals surface area (Å²) in [6.07, 6.45) is 0.709. The molecule has 0 bridgehead atoms. The van der Waals surface area contributed by atoms with Gasteiger partial charge in [-0.3, -0.25) is 0 Å². The average molecular weight is 243 g/mol. The third-order valence-electron chi connectivity index (χ3n) is 2.93. The largest absolute Gasteiger partial charge is 0.504 e. The molecule has 0 saturated carbocycles. The van der Waals surface area contributed by atoms with Gasteiger partial charge in [-0.05, 0) is 29.7 Å². The summed E-state index contributed by atoms with van der Waals surface area (Å²) in [5, 5.41) is 9.53. The minimum Gasteiger partial charge on any atom is -0.504 e. The summed E-state index contributed by atoms with van der Waals surface area (Å²) in [6.45, 7) is 0. The Labute approximate surface area is 107 Å². The van der Waals surface area contributed by atoms with Crippen molar-refractivity contribution >= 4 is 0 Å². The molecule has 0 aromatic heterocycles. The van der Waals surface area contributed by atoms with Crippen molar-refractivity contribution in [3.8, 4) is 11.5 Å². The number of rotatable bonds is 4. The fourth-order valence-corrected chi connectivity index (χ4v) is 1.92. The zero-order chi connectivity index (χ0) is 13.0. The van der Waals surface area contributed by atoms with Gasteiger partial charge in [0.25, 0.3) is 0 Å². The molecular formula is C15H17NO2. The van der Waals surface area contributed by atoms with Crippen LogP contribution >= 0.6 is 0 Å². The summed E-state index contributed by atoms with van der Waals surface area (Å²) in [5.41, 5.74) is 8.30. The summed E-state index contributed by atoms with van der Waals surface area (Å²) in [6, 6.07) is 15.2. The number of hydrogen-bond acceptors (Lipinski definition) is 3. The second-order valence-electron chi connectivity index (χ2n) is 4.23. The first-order valence-corrected chi connectivity index (χ1v) is 5.87. The van der Waals surface area contributed by atoms with Gasteiger partial charge in [0.1, 0.15) is 0 Å². The number of phenolic OH excluding ortho intramolecular Hbond substituents is 1. The van der Waals surface area contributed by atoms with Crippen molar-refractivity contribution < 1.29 is 9.84 Å². The molecule has 0 aliphatic rings. The number of aromatic hydroxyl groups is 1. The minimum atomic E-state index is -0.0551. The van der Waals surface area contributed by atoms with Crippen LogP contribution in [0.4, 0.5) is 0 Å². The second kappa shape index (κ2) is 5.56. The summed E-state index contributed by atoms with van der Waals surface area (Å²) < 4.78 is 5.08. The maximum Gasteiger partial charge on any atom is 0.160 e. The van der Waals surface area contributed by atoms with E-state index in [9.17, 15) is 5.11 Å². The zero-order valence-corrected chi connectivity index (χ0v) is 10.3. The smallest absolute Gasteiger partial charge is 0.160 e. The molecule has 2 rings (SSSR count). The summed E-state index contributed by atoms with van der Waals surface area (Å²) in [5.74, 6) is 0.627. The van der Waals surface area contributed by atoms with Crippen molar-refractivity contribution in [1.82, 2.24) is 0 Å². The molecule has 18 heavy (non-hydrogen) atoms. The minimum absolute atomic E-state index is 0.0551. The molecule has 2 aromatic rings. The van der Waals surface area contributed by atoms with E-state index in [-0.39, 0.29) is 11.8 Å². The number of nitrogens with two attached hydrogens (primary N) is 1. The first-order chi connectivity index (χ1) is 8.70. The van der Waals surface area contributed by atoms with Gasteiger partial charge < -0.3 is 15.6 Å². The molecule has 1 atom stereocenters. The molecule has 0 radical (unpaired) electrons. The molecule has 0 spiro atoms. The molecule has 0 aliphatic heterocycles. The van der Waals surface area contributed by atoms with Gasteiger partial charge in [-0.15, -0.1) is 0 Å². The number of hydrogen-bond donors (Lipinski definition) is 2. The number of benzene rings is 2. The number of methoxy groups -OCH3 is 1. The Balaban J connectivity index is 2.14. The lowest BCUT2D eigenvalue weighted by Gasteiger charge is -2.13. The lowest BCUT2D eigenvalue weighted by Crippen LogP contribution is -2.13. The summed E-state index contributed by atoms with van der Waals surface area (Å²) in [4.78, 5) is 0. The Morgan fingerprint density at radius 1 is 1.17 bits per heavy atom. The Kier molecular flexibility index (Phi) is 3.85. The van der Waals surface area contributed by atoms with Crippen LogP contribution in [-0.2, 0) is 6.42 Å². The fraction of sp³-hybridized carbons (Fsp3) is 0.200. The van der Waals surface area contributed by atoms with Gasteiger partial charge in [0.15, 0.2) is 11.5 Å². The second-order valence-corrected chi connectivity index (χ2v) is 4.23. The standard InChI is InChI=1S/C15H17NO2/c1-18-15-10-11(7-8-14(15)17)9-13(16)12-5-3-2-4-6-12/h2-8,10,13,17H,9,16H2,1H3/t13-/m0/s1. The van der Waals surface area contributed by atoms with E-state index in [1.54, 1.807) is 6.07 Å². The van der Waals surface area contributed by atoms with E-state index in [0.717, 1.165) is 11.1 Å². The molecule has 94 valence electrons. The normalized spacial score (nSPS) is 12.1. The third kappa shape index (κ3) is 2.81. The van der Waals surface area contributed by atoms with Crippen LogP contribution in [0.1, 0.15) is 17.2 Å². The van der Waals surface area contributed by atoms with Gasteiger partial charge in [-0.2, -0.15) is 0 Å². The summed E-state index contributed by atoms with van der Waals surface area (Å²) in [7, 11) is 1.54. The monoisotopic (exact) mass is 243 g/mol. The van der Waals surface area contributed by atoms with Crippen LogP contribution < -0.4 is 10.5 Å². The molecule has 0 aliphatic carbocycles. The van der Waals surface area contributed by atoms with Gasteiger partial charge in [0.05, 0.1) is 7.11 Å². The van der Waals surface area contributed by atoms with Crippen molar-refractivity contribution in [2.24, 2.45) is 5.73 Å². The average Bonchev–Trinajstić information content (AvgIpc) is 2.42. The van der Waals surface area contributed by atoms with E-state index < -0.39 is 0 Å². The van der Waals surface area contributed by atoms with Crippen LogP contribution in [0.15, 0.2) is 48.5 Å². The van der Waals surface area contributed by atoms with Gasteiger partial charge in [0, 0.05) is 6.04 Å². The molecule has 3 N–H and O–H groups in total. The molecule has 3 heteroatoms. The zero-order valence-electron chi connectivity index (χ0n) is 10.3. The Morgan fingerprint density at radius 2 is 1.89 bits per heavy atom. The van der Waals surface area contributed by atoms with Crippen LogP contribution in [0.2, 0.25) is 0 Å². The van der Waals surface area contributed by atoms with E-state index in [1.807, 2.05) is 42.5 Å². The SMILES string of the molecule is COc1cc(C[C@H](N)c2ccccc2)ccc1O. The Hall–Kier alpha value is -2.00. The maximum absolute atomic E-state index is 9.53. The van der Waals surface area contributed by atoms with Gasteiger partial charge in [-0.1, -0.05) is 36.4 Å². The first-order valence-electron chi connectivity index (χ1n) is 5.87. The van der Waals surface area contributed by atoms with Gasteiger partial charge in [-0.25, -0.2) is 0 Å². The van der Waals surface area contributed by atoms with Crippen molar-refractivity contribution in [3.05, 3.63) is 59.7 Å². The highest BCUT2D eigenvalue weighted by Gasteiger charge is 2.09. The van der Waals surface area contributed by atoms with Crippen molar-refractivity contribution in [1.29, 1.82) is 0 Å².